The molecule has 1 aromatic heterocycles. The molecule has 6 heteroatoms. The minimum atomic E-state index is -0.628. The lowest BCUT2D eigenvalue weighted by molar-refractivity contribution is -0.136. The number of amides is 1. The Morgan fingerprint density at radius 2 is 2.05 bits per heavy atom. The first kappa shape index (κ1) is 18.2. The number of halogens is 2. The highest BCUT2D eigenvalue weighted by atomic mass is 35.5. The number of rotatable bonds is 3. The van der Waals surface area contributed by atoms with E-state index in [1.54, 1.807) is 17.3 Å². The highest BCUT2D eigenvalue weighted by Crippen LogP contribution is 2.28. The molecule has 19 heavy (non-hydrogen) atoms. The molecule has 0 aromatic carbocycles. The van der Waals surface area contributed by atoms with Crippen LogP contribution in [0.3, 0.4) is 0 Å². The van der Waals surface area contributed by atoms with Gasteiger partial charge in [0.25, 0.3) is 0 Å². The quantitative estimate of drug-likeness (QED) is 0.931. The molecule has 1 saturated carbocycles. The van der Waals surface area contributed by atoms with Crippen molar-refractivity contribution in [2.75, 3.05) is 7.05 Å². The summed E-state index contributed by atoms with van der Waals surface area (Å²) >= 11 is 0. The molecule has 0 unspecified atom stereocenters. The zero-order valence-corrected chi connectivity index (χ0v) is 12.7. The van der Waals surface area contributed by atoms with E-state index in [0.717, 1.165) is 31.2 Å². The molecule has 0 spiro atoms. The Labute approximate surface area is 126 Å². The zero-order valence-electron chi connectivity index (χ0n) is 11.0. The lowest BCUT2D eigenvalue weighted by atomic mass is 9.97. The SMILES string of the molecule is CN(Cc1cccnc1)C(=O)C1(N)CCCC1.Cl.Cl. The average Bonchev–Trinajstić information content (AvgIpc) is 2.78. The van der Waals surface area contributed by atoms with Crippen molar-refractivity contribution >= 4 is 30.7 Å². The molecular weight excluding hydrogens is 285 g/mol. The van der Waals surface area contributed by atoms with Gasteiger partial charge in [-0.25, -0.2) is 0 Å². The van der Waals surface area contributed by atoms with Crippen LogP contribution in [0.15, 0.2) is 24.5 Å². The van der Waals surface area contributed by atoms with Crippen molar-refractivity contribution in [1.82, 2.24) is 9.88 Å². The van der Waals surface area contributed by atoms with Gasteiger partial charge in [0, 0.05) is 26.0 Å². The second-order valence-electron chi connectivity index (χ2n) is 4.89. The topological polar surface area (TPSA) is 59.2 Å². The number of hydrogen-bond acceptors (Lipinski definition) is 3. The Morgan fingerprint density at radius 1 is 1.42 bits per heavy atom. The van der Waals surface area contributed by atoms with E-state index in [-0.39, 0.29) is 30.7 Å². The summed E-state index contributed by atoms with van der Waals surface area (Å²) in [7, 11) is 1.81. The number of nitrogens with zero attached hydrogens (tertiary/aromatic N) is 2. The lowest BCUT2D eigenvalue weighted by Gasteiger charge is -2.28. The maximum atomic E-state index is 12.3. The van der Waals surface area contributed by atoms with Gasteiger partial charge in [0.15, 0.2) is 0 Å². The standard InChI is InChI=1S/C13H19N3O.2ClH/c1-16(10-11-5-4-8-15-9-11)12(17)13(14)6-2-3-7-13;;/h4-5,8-9H,2-3,6-7,10,14H2,1H3;2*1H. The van der Waals surface area contributed by atoms with Gasteiger partial charge >= 0.3 is 0 Å². The third-order valence-corrected chi connectivity index (χ3v) is 3.41. The van der Waals surface area contributed by atoms with Crippen LogP contribution in [0.5, 0.6) is 0 Å². The molecule has 0 radical (unpaired) electrons. The van der Waals surface area contributed by atoms with Gasteiger partial charge < -0.3 is 10.6 Å². The first-order valence-corrected chi connectivity index (χ1v) is 6.05. The summed E-state index contributed by atoms with van der Waals surface area (Å²) in [5.74, 6) is 0.0545. The normalized spacial score (nSPS) is 16.1. The van der Waals surface area contributed by atoms with Gasteiger partial charge in [-0.05, 0) is 24.5 Å². The van der Waals surface area contributed by atoms with E-state index in [9.17, 15) is 4.79 Å². The van der Waals surface area contributed by atoms with Crippen molar-refractivity contribution < 1.29 is 4.79 Å². The molecule has 108 valence electrons. The Bertz CT molecular complexity index is 394. The van der Waals surface area contributed by atoms with E-state index in [4.69, 9.17) is 5.73 Å². The summed E-state index contributed by atoms with van der Waals surface area (Å²) in [6.45, 7) is 0.575. The molecule has 1 aliphatic carbocycles. The summed E-state index contributed by atoms with van der Waals surface area (Å²) in [6, 6.07) is 3.84. The summed E-state index contributed by atoms with van der Waals surface area (Å²) in [6.07, 6.45) is 7.24. The van der Waals surface area contributed by atoms with Gasteiger partial charge in [-0.15, -0.1) is 24.8 Å². The molecule has 0 bridgehead atoms. The highest BCUT2D eigenvalue weighted by molar-refractivity contribution is 5.86. The Hall–Kier alpha value is -0.840. The predicted octanol–water partition coefficient (Wildman–Crippen LogP) is 2.16. The summed E-state index contributed by atoms with van der Waals surface area (Å²) < 4.78 is 0. The van der Waals surface area contributed by atoms with Crippen molar-refractivity contribution in [2.45, 2.75) is 37.8 Å². The van der Waals surface area contributed by atoms with Crippen LogP contribution < -0.4 is 5.73 Å². The second-order valence-corrected chi connectivity index (χ2v) is 4.89. The predicted molar refractivity (Wildman–Crippen MR) is 80.6 cm³/mol. The summed E-state index contributed by atoms with van der Waals surface area (Å²) in [5, 5.41) is 0. The fourth-order valence-corrected chi connectivity index (χ4v) is 2.44. The Balaban J connectivity index is 0.00000162. The molecule has 1 aliphatic rings. The van der Waals surface area contributed by atoms with E-state index in [1.807, 2.05) is 19.2 Å². The lowest BCUT2D eigenvalue weighted by Crippen LogP contribution is -2.52. The molecule has 2 N–H and O–H groups in total. The highest BCUT2D eigenvalue weighted by Gasteiger charge is 2.38. The van der Waals surface area contributed by atoms with Crippen LogP contribution in [-0.2, 0) is 11.3 Å². The van der Waals surface area contributed by atoms with Gasteiger partial charge in [0.1, 0.15) is 0 Å². The molecule has 1 heterocycles. The van der Waals surface area contributed by atoms with E-state index >= 15 is 0 Å². The van der Waals surface area contributed by atoms with Crippen LogP contribution in [0.1, 0.15) is 31.2 Å². The van der Waals surface area contributed by atoms with Crippen LogP contribution >= 0.6 is 24.8 Å². The smallest absolute Gasteiger partial charge is 0.242 e. The summed E-state index contributed by atoms with van der Waals surface area (Å²) in [5.41, 5.74) is 6.55. The third kappa shape index (κ3) is 4.34. The number of likely N-dealkylation sites (N-methyl/N-ethyl adjacent to an activating group) is 1. The molecule has 4 nitrogen and oxygen atoms in total. The molecule has 1 aromatic rings. The maximum absolute atomic E-state index is 12.3. The van der Waals surface area contributed by atoms with Crippen molar-refractivity contribution in [2.24, 2.45) is 5.73 Å². The Kier molecular flexibility index (Phi) is 7.34. The second kappa shape index (κ2) is 7.68. The minimum absolute atomic E-state index is 0. The van der Waals surface area contributed by atoms with Crippen molar-refractivity contribution in [1.29, 1.82) is 0 Å². The first-order chi connectivity index (χ1) is 8.12. The van der Waals surface area contributed by atoms with Gasteiger partial charge in [0.2, 0.25) is 5.91 Å². The molecule has 0 atom stereocenters. The fraction of sp³-hybridized carbons (Fsp3) is 0.538. The van der Waals surface area contributed by atoms with Crippen LogP contribution in [0.25, 0.3) is 0 Å². The van der Waals surface area contributed by atoms with Gasteiger partial charge in [-0.1, -0.05) is 18.9 Å². The van der Waals surface area contributed by atoms with Gasteiger partial charge in [-0.3, -0.25) is 9.78 Å². The van der Waals surface area contributed by atoms with Gasteiger partial charge in [-0.2, -0.15) is 0 Å². The van der Waals surface area contributed by atoms with E-state index in [0.29, 0.717) is 6.54 Å². The molecule has 1 amide bonds. The number of pyridine rings is 1. The monoisotopic (exact) mass is 305 g/mol. The first-order valence-electron chi connectivity index (χ1n) is 6.05. The number of hydrogen-bond donors (Lipinski definition) is 1. The minimum Gasteiger partial charge on any atom is -0.340 e. The van der Waals surface area contributed by atoms with Crippen LogP contribution in [0.2, 0.25) is 0 Å². The third-order valence-electron chi connectivity index (χ3n) is 3.41. The summed E-state index contributed by atoms with van der Waals surface area (Å²) in [4.78, 5) is 18.0. The number of aromatic nitrogens is 1. The molecule has 2 rings (SSSR count). The maximum Gasteiger partial charge on any atom is 0.242 e. The molecular formula is C13H21Cl2N3O. The van der Waals surface area contributed by atoms with E-state index in [1.165, 1.54) is 0 Å². The fourth-order valence-electron chi connectivity index (χ4n) is 2.44. The number of carbonyl (C=O) groups excluding carboxylic acids is 1. The largest absolute Gasteiger partial charge is 0.340 e. The molecule has 1 fully saturated rings. The van der Waals surface area contributed by atoms with Gasteiger partial charge in [0.05, 0.1) is 5.54 Å². The van der Waals surface area contributed by atoms with Crippen LogP contribution in [-0.4, -0.2) is 28.4 Å². The van der Waals surface area contributed by atoms with Crippen LogP contribution in [0, 0.1) is 0 Å². The van der Waals surface area contributed by atoms with Crippen molar-refractivity contribution in [3.63, 3.8) is 0 Å². The van der Waals surface area contributed by atoms with E-state index < -0.39 is 5.54 Å². The zero-order chi connectivity index (χ0) is 12.3. The number of carbonyl (C=O) groups is 1. The van der Waals surface area contributed by atoms with Crippen molar-refractivity contribution in [3.05, 3.63) is 30.1 Å². The van der Waals surface area contributed by atoms with Crippen LogP contribution in [0.4, 0.5) is 0 Å². The Morgan fingerprint density at radius 3 is 2.58 bits per heavy atom. The van der Waals surface area contributed by atoms with Crippen molar-refractivity contribution in [3.8, 4) is 0 Å². The molecule has 0 aliphatic heterocycles. The molecule has 0 saturated heterocycles. The average molecular weight is 306 g/mol. The number of nitrogens with two attached hydrogens (primary N) is 1. The van der Waals surface area contributed by atoms with E-state index in [2.05, 4.69) is 4.98 Å².